The first kappa shape index (κ1) is 12.3. The molecule has 0 aromatic heterocycles. The molecule has 1 heterocycles. The highest BCUT2D eigenvalue weighted by Gasteiger charge is 2.24. The van der Waals surface area contributed by atoms with Crippen LogP contribution in [-0.4, -0.2) is 43.5 Å². The monoisotopic (exact) mass is 217 g/mol. The molecule has 0 aromatic carbocycles. The summed E-state index contributed by atoms with van der Waals surface area (Å²) in [7, 11) is 1.81. The van der Waals surface area contributed by atoms with Crippen molar-refractivity contribution in [1.29, 1.82) is 0 Å². The summed E-state index contributed by atoms with van der Waals surface area (Å²) in [4.78, 5) is 2.51. The Hall–Kier alpha value is 0.270. The van der Waals surface area contributed by atoms with Gasteiger partial charge in [-0.3, -0.25) is 0 Å². The normalized spacial score (nSPS) is 25.9. The van der Waals surface area contributed by atoms with Crippen LogP contribution in [-0.2, 0) is 4.74 Å². The van der Waals surface area contributed by atoms with E-state index in [4.69, 9.17) is 4.74 Å². The molecule has 1 fully saturated rings. The van der Waals surface area contributed by atoms with Gasteiger partial charge in [-0.1, -0.05) is 13.8 Å². The minimum Gasteiger partial charge on any atom is -0.380 e. The fourth-order valence-corrected chi connectivity index (χ4v) is 2.50. The standard InChI is InChI=1S/C11H23NOS/c1-9(2)10(8-14)6-12-5-4-11(7-12)13-3/h9-11,14H,4-8H2,1-3H3. The number of likely N-dealkylation sites (tertiary alicyclic amines) is 1. The largest absolute Gasteiger partial charge is 0.380 e. The smallest absolute Gasteiger partial charge is 0.0710 e. The topological polar surface area (TPSA) is 12.5 Å². The fourth-order valence-electron chi connectivity index (χ4n) is 1.97. The molecule has 0 saturated carbocycles. The summed E-state index contributed by atoms with van der Waals surface area (Å²) < 4.78 is 5.36. The molecule has 0 aromatic rings. The zero-order valence-corrected chi connectivity index (χ0v) is 10.5. The van der Waals surface area contributed by atoms with Gasteiger partial charge < -0.3 is 9.64 Å². The predicted molar refractivity (Wildman–Crippen MR) is 64.0 cm³/mol. The molecule has 0 bridgehead atoms. The second kappa shape index (κ2) is 5.99. The Kier molecular flexibility index (Phi) is 5.28. The molecule has 0 amide bonds. The van der Waals surface area contributed by atoms with Crippen LogP contribution >= 0.6 is 12.6 Å². The number of hydrogen-bond donors (Lipinski definition) is 1. The van der Waals surface area contributed by atoms with Gasteiger partial charge >= 0.3 is 0 Å². The second-order valence-electron chi connectivity index (χ2n) is 4.59. The number of ether oxygens (including phenoxy) is 1. The van der Waals surface area contributed by atoms with Gasteiger partial charge in [0.05, 0.1) is 6.10 Å². The molecule has 0 aliphatic carbocycles. The first-order valence-electron chi connectivity index (χ1n) is 5.53. The molecular formula is C11H23NOS. The van der Waals surface area contributed by atoms with E-state index in [2.05, 4.69) is 31.4 Å². The third-order valence-electron chi connectivity index (χ3n) is 3.23. The average Bonchev–Trinajstić information content (AvgIpc) is 2.61. The lowest BCUT2D eigenvalue weighted by molar-refractivity contribution is 0.105. The Labute approximate surface area is 93.4 Å². The molecule has 0 spiro atoms. The van der Waals surface area contributed by atoms with Crippen molar-refractivity contribution < 1.29 is 4.74 Å². The molecule has 1 saturated heterocycles. The minimum atomic E-state index is 0.461. The van der Waals surface area contributed by atoms with Crippen LogP contribution in [0.4, 0.5) is 0 Å². The highest BCUT2D eigenvalue weighted by molar-refractivity contribution is 7.80. The third-order valence-corrected chi connectivity index (χ3v) is 3.70. The van der Waals surface area contributed by atoms with Crippen molar-refractivity contribution in [3.8, 4) is 0 Å². The summed E-state index contributed by atoms with van der Waals surface area (Å²) in [6.07, 6.45) is 1.65. The molecule has 2 atom stereocenters. The maximum absolute atomic E-state index is 5.36. The lowest BCUT2D eigenvalue weighted by Gasteiger charge is -2.25. The Morgan fingerprint density at radius 1 is 1.50 bits per heavy atom. The quantitative estimate of drug-likeness (QED) is 0.706. The fraction of sp³-hybridized carbons (Fsp3) is 1.00. The van der Waals surface area contributed by atoms with Crippen LogP contribution in [0.1, 0.15) is 20.3 Å². The van der Waals surface area contributed by atoms with Crippen LogP contribution < -0.4 is 0 Å². The minimum absolute atomic E-state index is 0.461. The van der Waals surface area contributed by atoms with Gasteiger partial charge in [-0.2, -0.15) is 12.6 Å². The van der Waals surface area contributed by atoms with Crippen LogP contribution in [0.2, 0.25) is 0 Å². The van der Waals surface area contributed by atoms with E-state index in [1.807, 2.05) is 7.11 Å². The van der Waals surface area contributed by atoms with Crippen molar-refractivity contribution in [2.45, 2.75) is 26.4 Å². The maximum atomic E-state index is 5.36. The van der Waals surface area contributed by atoms with Crippen molar-refractivity contribution >= 4 is 12.6 Å². The summed E-state index contributed by atoms with van der Waals surface area (Å²) in [5.41, 5.74) is 0. The number of hydrogen-bond acceptors (Lipinski definition) is 3. The van der Waals surface area contributed by atoms with E-state index in [0.29, 0.717) is 12.0 Å². The van der Waals surface area contributed by atoms with E-state index in [9.17, 15) is 0 Å². The van der Waals surface area contributed by atoms with Crippen molar-refractivity contribution in [2.24, 2.45) is 11.8 Å². The summed E-state index contributed by atoms with van der Waals surface area (Å²) >= 11 is 4.42. The number of thiol groups is 1. The van der Waals surface area contributed by atoms with Crippen LogP contribution in [0.15, 0.2) is 0 Å². The Morgan fingerprint density at radius 2 is 2.21 bits per heavy atom. The lowest BCUT2D eigenvalue weighted by Crippen LogP contribution is -2.31. The van der Waals surface area contributed by atoms with Gasteiger partial charge in [0.2, 0.25) is 0 Å². The van der Waals surface area contributed by atoms with E-state index in [-0.39, 0.29) is 0 Å². The summed E-state index contributed by atoms with van der Waals surface area (Å²) in [5, 5.41) is 0. The number of rotatable bonds is 5. The van der Waals surface area contributed by atoms with Gasteiger partial charge in [-0.15, -0.1) is 0 Å². The van der Waals surface area contributed by atoms with Crippen molar-refractivity contribution in [1.82, 2.24) is 4.90 Å². The molecule has 84 valence electrons. The summed E-state index contributed by atoms with van der Waals surface area (Å²) in [6, 6.07) is 0. The second-order valence-corrected chi connectivity index (χ2v) is 4.96. The van der Waals surface area contributed by atoms with Crippen LogP contribution in [0.25, 0.3) is 0 Å². The van der Waals surface area contributed by atoms with Crippen LogP contribution in [0.3, 0.4) is 0 Å². The molecule has 0 radical (unpaired) electrons. The summed E-state index contributed by atoms with van der Waals surface area (Å²) in [5.74, 6) is 2.44. The molecule has 14 heavy (non-hydrogen) atoms. The van der Waals surface area contributed by atoms with E-state index in [1.165, 1.54) is 19.5 Å². The lowest BCUT2D eigenvalue weighted by atomic mass is 9.97. The van der Waals surface area contributed by atoms with Gasteiger partial charge in [0, 0.05) is 26.7 Å². The zero-order valence-electron chi connectivity index (χ0n) is 9.57. The van der Waals surface area contributed by atoms with Crippen LogP contribution in [0, 0.1) is 11.8 Å². The number of methoxy groups -OCH3 is 1. The van der Waals surface area contributed by atoms with Gasteiger partial charge in [-0.25, -0.2) is 0 Å². The van der Waals surface area contributed by atoms with Gasteiger partial charge in [0.1, 0.15) is 0 Å². The molecule has 2 unspecified atom stereocenters. The molecule has 0 N–H and O–H groups in total. The van der Waals surface area contributed by atoms with E-state index < -0.39 is 0 Å². The molecule has 1 aliphatic rings. The first-order valence-corrected chi connectivity index (χ1v) is 6.16. The van der Waals surface area contributed by atoms with Gasteiger partial charge in [0.15, 0.2) is 0 Å². The molecular weight excluding hydrogens is 194 g/mol. The maximum Gasteiger partial charge on any atom is 0.0710 e. The Balaban J connectivity index is 2.30. The average molecular weight is 217 g/mol. The van der Waals surface area contributed by atoms with E-state index in [1.54, 1.807) is 0 Å². The van der Waals surface area contributed by atoms with Gasteiger partial charge in [0.25, 0.3) is 0 Å². The van der Waals surface area contributed by atoms with E-state index >= 15 is 0 Å². The van der Waals surface area contributed by atoms with Crippen molar-refractivity contribution in [3.63, 3.8) is 0 Å². The molecule has 1 aliphatic heterocycles. The third kappa shape index (κ3) is 3.44. The SMILES string of the molecule is COC1CCN(CC(CS)C(C)C)C1. The molecule has 2 nitrogen and oxygen atoms in total. The van der Waals surface area contributed by atoms with E-state index in [0.717, 1.165) is 18.2 Å². The highest BCUT2D eigenvalue weighted by atomic mass is 32.1. The van der Waals surface area contributed by atoms with Crippen molar-refractivity contribution in [2.75, 3.05) is 32.5 Å². The Bertz CT molecular complexity index is 163. The summed E-state index contributed by atoms with van der Waals surface area (Å²) in [6.45, 7) is 8.04. The van der Waals surface area contributed by atoms with Gasteiger partial charge in [-0.05, 0) is 24.0 Å². The van der Waals surface area contributed by atoms with Crippen molar-refractivity contribution in [3.05, 3.63) is 0 Å². The predicted octanol–water partition coefficient (Wildman–Crippen LogP) is 1.91. The first-order chi connectivity index (χ1) is 6.67. The zero-order chi connectivity index (χ0) is 10.6. The highest BCUT2D eigenvalue weighted by Crippen LogP contribution is 2.18. The Morgan fingerprint density at radius 3 is 2.64 bits per heavy atom. The molecule has 1 rings (SSSR count). The van der Waals surface area contributed by atoms with Crippen LogP contribution in [0.5, 0.6) is 0 Å². The number of nitrogens with zero attached hydrogens (tertiary/aromatic N) is 1. The molecule has 3 heteroatoms.